The summed E-state index contributed by atoms with van der Waals surface area (Å²) in [4.78, 5) is 0. The van der Waals surface area contributed by atoms with Crippen LogP contribution >= 0.6 is 0 Å². The van der Waals surface area contributed by atoms with Crippen LogP contribution in [-0.4, -0.2) is 15.8 Å². The van der Waals surface area contributed by atoms with Crippen LogP contribution in [-0.2, 0) is 28.7 Å². The van der Waals surface area contributed by atoms with Crippen molar-refractivity contribution in [2.24, 2.45) is 7.05 Å². The third-order valence-electron chi connectivity index (χ3n) is 14.7. The first-order valence-corrected chi connectivity index (χ1v) is 23.1. The fourth-order valence-electron chi connectivity index (χ4n) is 10.9. The normalized spacial score (nSPS) is 13.8. The van der Waals surface area contributed by atoms with Gasteiger partial charge in [-0.25, -0.2) is 4.57 Å². The zero-order valence-electron chi connectivity index (χ0n) is 39.9. The Morgan fingerprint density at radius 1 is 0.460 bits per heavy atom. The van der Waals surface area contributed by atoms with E-state index in [1.165, 1.54) is 122 Å². The van der Waals surface area contributed by atoms with Crippen molar-refractivity contribution in [2.45, 2.75) is 112 Å². The van der Waals surface area contributed by atoms with Gasteiger partial charge in [-0.2, -0.15) is 0 Å². The minimum Gasteiger partial charge on any atom is -0.310 e. The van der Waals surface area contributed by atoms with Gasteiger partial charge in [0.25, 0.3) is 6.71 Å². The highest BCUT2D eigenvalue weighted by Gasteiger charge is 2.43. The lowest BCUT2D eigenvalue weighted by Gasteiger charge is -2.36. The molecular weight excluding hydrogens is 761 g/mol. The zero-order valence-corrected chi connectivity index (χ0v) is 39.9. The summed E-state index contributed by atoms with van der Waals surface area (Å²) in [5.41, 5.74) is 23.7. The third-order valence-corrected chi connectivity index (χ3v) is 14.7. The van der Waals surface area contributed by atoms with E-state index < -0.39 is 0 Å². The average Bonchev–Trinajstić information content (AvgIpc) is 3.73. The molecule has 4 heteroatoms. The van der Waals surface area contributed by atoms with Crippen LogP contribution in [0.3, 0.4) is 0 Å². The molecule has 0 fully saturated rings. The molecule has 0 saturated heterocycles. The fraction of sp³-hybridized carbons (Fsp3) is 0.305. The highest BCUT2D eigenvalue weighted by atomic mass is 15.0. The van der Waals surface area contributed by atoms with Gasteiger partial charge < -0.3 is 9.13 Å². The smallest absolute Gasteiger partial charge is 0.252 e. The molecule has 5 heterocycles. The van der Waals surface area contributed by atoms with Crippen LogP contribution in [0.25, 0.3) is 77.4 Å². The maximum absolute atomic E-state index is 2.65. The predicted molar refractivity (Wildman–Crippen MR) is 271 cm³/mol. The zero-order chi connectivity index (χ0) is 44.4. The molecule has 0 aliphatic carbocycles. The number of hydrogen-bond donors (Lipinski definition) is 0. The van der Waals surface area contributed by atoms with E-state index in [1.807, 2.05) is 0 Å². The van der Waals surface area contributed by atoms with Crippen LogP contribution in [0, 0.1) is 6.92 Å². The van der Waals surface area contributed by atoms with Crippen molar-refractivity contribution in [3.8, 4) is 33.8 Å². The van der Waals surface area contributed by atoms with E-state index >= 15 is 0 Å². The van der Waals surface area contributed by atoms with E-state index in [-0.39, 0.29) is 28.4 Å². The Morgan fingerprint density at radius 3 is 1.38 bits per heavy atom. The Morgan fingerprint density at radius 2 is 0.921 bits per heavy atom. The molecule has 0 bridgehead atoms. The van der Waals surface area contributed by atoms with Crippen LogP contribution in [0.2, 0.25) is 0 Å². The molecule has 6 aromatic carbocycles. The second kappa shape index (κ2) is 12.9. The summed E-state index contributed by atoms with van der Waals surface area (Å²) in [5.74, 6) is 0. The van der Waals surface area contributed by atoms with Crippen molar-refractivity contribution >= 4 is 66.7 Å². The summed E-state index contributed by atoms with van der Waals surface area (Å²) in [6, 6.07) is 43.4. The van der Waals surface area contributed by atoms with Gasteiger partial charge in [0.05, 0.1) is 11.0 Å². The van der Waals surface area contributed by atoms with E-state index in [1.54, 1.807) is 0 Å². The number of nitrogens with zero attached hydrogens (tertiary/aromatic N) is 3. The van der Waals surface area contributed by atoms with Gasteiger partial charge in [0.1, 0.15) is 7.05 Å². The molecule has 0 amide bonds. The molecule has 3 nitrogen and oxygen atoms in total. The standard InChI is InChI=1S/C59H61BN3/c1-34-17-15-16-18-41(34)50-25-35(23-24-61(50)14)36-26-51-53-52(27-36)63-49-22-20-38(57(5,6)7)29-43(49)45-31-40(59(11,12)13)33-47(55(45)63)60(53)46-32-39(58(8,9)10)30-44-42-28-37(56(2,3)4)19-21-48(42)62(51)54(44)46/h15-33H,1-14H3/q+1. The minimum absolute atomic E-state index is 0.0195. The van der Waals surface area contributed by atoms with Crippen LogP contribution in [0.1, 0.15) is 111 Å². The summed E-state index contributed by atoms with van der Waals surface area (Å²) in [7, 11) is 2.17. The molecule has 0 unspecified atom stereocenters. The number of rotatable bonds is 2. The van der Waals surface area contributed by atoms with Crippen molar-refractivity contribution in [3.63, 3.8) is 0 Å². The van der Waals surface area contributed by atoms with Crippen molar-refractivity contribution < 1.29 is 4.57 Å². The van der Waals surface area contributed by atoms with Crippen molar-refractivity contribution in [3.05, 3.63) is 143 Å². The molecule has 0 spiro atoms. The highest BCUT2D eigenvalue weighted by molar-refractivity contribution is 7.00. The molecule has 3 aromatic heterocycles. The lowest BCUT2D eigenvalue weighted by molar-refractivity contribution is -0.660. The van der Waals surface area contributed by atoms with Gasteiger partial charge in [0.15, 0.2) is 6.20 Å². The number of aromatic nitrogens is 3. The molecule has 2 aliphatic rings. The molecule has 63 heavy (non-hydrogen) atoms. The van der Waals surface area contributed by atoms with Gasteiger partial charge in [-0.3, -0.25) is 0 Å². The van der Waals surface area contributed by atoms with Crippen molar-refractivity contribution in [1.82, 2.24) is 9.13 Å². The number of fused-ring (bicyclic) bond motifs is 10. The van der Waals surface area contributed by atoms with E-state index in [2.05, 4.69) is 226 Å². The lowest BCUT2D eigenvalue weighted by Crippen LogP contribution is -2.59. The average molecular weight is 823 g/mol. The summed E-state index contributed by atoms with van der Waals surface area (Å²) in [6.45, 7) is 30.6. The van der Waals surface area contributed by atoms with E-state index in [0.717, 1.165) is 0 Å². The van der Waals surface area contributed by atoms with E-state index in [9.17, 15) is 0 Å². The Kier molecular flexibility index (Phi) is 8.16. The minimum atomic E-state index is -0.0402. The molecule has 0 radical (unpaired) electrons. The Balaban J connectivity index is 1.35. The van der Waals surface area contributed by atoms with Gasteiger partial charge in [-0.05, 0) is 139 Å². The lowest BCUT2D eigenvalue weighted by atomic mass is 9.34. The second-order valence-electron chi connectivity index (χ2n) is 23.1. The molecule has 314 valence electrons. The molecular formula is C59H61BN3+. The molecule has 0 saturated carbocycles. The summed E-state index contributed by atoms with van der Waals surface area (Å²) in [6.07, 6.45) is 2.24. The maximum Gasteiger partial charge on any atom is 0.252 e. The largest absolute Gasteiger partial charge is 0.310 e. The third kappa shape index (κ3) is 5.82. The van der Waals surface area contributed by atoms with Gasteiger partial charge in [0, 0.05) is 61.6 Å². The summed E-state index contributed by atoms with van der Waals surface area (Å²) >= 11 is 0. The molecule has 0 atom stereocenters. The quantitative estimate of drug-likeness (QED) is 0.122. The highest BCUT2D eigenvalue weighted by Crippen LogP contribution is 2.44. The molecule has 0 N–H and O–H groups in total. The van der Waals surface area contributed by atoms with Crippen molar-refractivity contribution in [2.75, 3.05) is 0 Å². The first-order chi connectivity index (χ1) is 29.6. The first kappa shape index (κ1) is 39.9. The second-order valence-corrected chi connectivity index (χ2v) is 23.1. The van der Waals surface area contributed by atoms with Gasteiger partial charge in [-0.1, -0.05) is 126 Å². The molecule has 9 aromatic rings. The van der Waals surface area contributed by atoms with Crippen molar-refractivity contribution in [1.29, 1.82) is 0 Å². The number of hydrogen-bond acceptors (Lipinski definition) is 0. The molecule has 2 aliphatic heterocycles. The summed E-state index contributed by atoms with van der Waals surface area (Å²) in [5, 5.41) is 5.39. The maximum atomic E-state index is 2.65. The Hall–Kier alpha value is -5.87. The van der Waals surface area contributed by atoms with E-state index in [0.29, 0.717) is 0 Å². The monoisotopic (exact) mass is 822 g/mol. The van der Waals surface area contributed by atoms with Crippen LogP contribution in [0.5, 0.6) is 0 Å². The predicted octanol–water partition coefficient (Wildman–Crippen LogP) is 12.7. The van der Waals surface area contributed by atoms with Gasteiger partial charge in [0.2, 0.25) is 5.69 Å². The van der Waals surface area contributed by atoms with Crippen LogP contribution in [0.4, 0.5) is 0 Å². The Labute approximate surface area is 374 Å². The van der Waals surface area contributed by atoms with Crippen LogP contribution in [0.15, 0.2) is 115 Å². The number of benzene rings is 6. The van der Waals surface area contributed by atoms with Crippen LogP contribution < -0.4 is 21.0 Å². The topological polar surface area (TPSA) is 13.7 Å². The molecule has 11 rings (SSSR count). The van der Waals surface area contributed by atoms with Gasteiger partial charge in [-0.15, -0.1) is 0 Å². The SMILES string of the molecule is Cc1ccccc1-c1cc(-c2cc3c4c(c2)-n2c5ccc(C(C)(C)C)cc5c5cc(C(C)(C)C)cc(c52)B4c2cc(C(C)(C)C)cc4c5cc(C(C)(C)C)ccc5n-3c24)cc[n+]1C. The summed E-state index contributed by atoms with van der Waals surface area (Å²) < 4.78 is 7.58. The fourth-order valence-corrected chi connectivity index (χ4v) is 10.9. The number of pyridine rings is 1. The van der Waals surface area contributed by atoms with Gasteiger partial charge >= 0.3 is 0 Å². The number of aryl methyl sites for hydroxylation is 2. The van der Waals surface area contributed by atoms with E-state index in [4.69, 9.17) is 0 Å². The first-order valence-electron chi connectivity index (χ1n) is 23.1. The Bertz CT molecular complexity index is 3270.